The summed E-state index contributed by atoms with van der Waals surface area (Å²) in [5.41, 5.74) is 0. The molecule has 1 fully saturated rings. The zero-order valence-electron chi connectivity index (χ0n) is 16.7. The summed E-state index contributed by atoms with van der Waals surface area (Å²) >= 11 is 0. The van der Waals surface area contributed by atoms with Gasteiger partial charge in [-0.1, -0.05) is 20.3 Å². The molecule has 0 amide bonds. The summed E-state index contributed by atoms with van der Waals surface area (Å²) in [4.78, 5) is 6.81. The molecule has 1 saturated heterocycles. The van der Waals surface area contributed by atoms with Crippen molar-refractivity contribution in [2.75, 3.05) is 66.2 Å². The molecule has 0 saturated carbocycles. The van der Waals surface area contributed by atoms with Crippen LogP contribution in [0.25, 0.3) is 0 Å². The molecule has 0 bridgehead atoms. The topological polar surface area (TPSA) is 58.1 Å². The first-order chi connectivity index (χ1) is 12.3. The van der Waals surface area contributed by atoms with E-state index < -0.39 is 0 Å². The largest absolute Gasteiger partial charge is 0.379 e. The fourth-order valence-electron chi connectivity index (χ4n) is 3.02. The molecule has 0 aromatic carbocycles. The summed E-state index contributed by atoms with van der Waals surface area (Å²) in [6, 6.07) is 0. The molecule has 0 atom stereocenters. The van der Waals surface area contributed by atoms with Crippen LogP contribution in [0.2, 0.25) is 0 Å². The monoisotopic (exact) mass is 356 g/mol. The van der Waals surface area contributed by atoms with Crippen LogP contribution < -0.4 is 10.6 Å². The third kappa shape index (κ3) is 11.4. The van der Waals surface area contributed by atoms with Gasteiger partial charge >= 0.3 is 0 Å². The number of nitrogens with zero attached hydrogens (tertiary/aromatic N) is 2. The van der Waals surface area contributed by atoms with E-state index in [9.17, 15) is 0 Å². The number of guanidine groups is 1. The average molecular weight is 357 g/mol. The lowest BCUT2D eigenvalue weighted by Crippen LogP contribution is -2.40. The number of aliphatic imine (C=N–C) groups is 1. The summed E-state index contributed by atoms with van der Waals surface area (Å²) in [6.45, 7) is 12.7. The molecule has 0 radical (unpaired) electrons. The SMILES string of the molecule is CCCCOCCOCCNC(=NC)NCCC1CCN(CC)CC1. The van der Waals surface area contributed by atoms with E-state index in [1.165, 1.54) is 45.3 Å². The van der Waals surface area contributed by atoms with Crippen molar-refractivity contribution in [2.45, 2.75) is 46.0 Å². The van der Waals surface area contributed by atoms with E-state index in [4.69, 9.17) is 9.47 Å². The van der Waals surface area contributed by atoms with Crippen molar-refractivity contribution in [1.29, 1.82) is 0 Å². The van der Waals surface area contributed by atoms with Gasteiger partial charge in [-0.15, -0.1) is 0 Å². The Balaban J connectivity index is 1.95. The van der Waals surface area contributed by atoms with Crippen molar-refractivity contribution in [2.24, 2.45) is 10.9 Å². The van der Waals surface area contributed by atoms with E-state index in [0.717, 1.165) is 38.0 Å². The summed E-state index contributed by atoms with van der Waals surface area (Å²) in [5.74, 6) is 1.72. The molecule has 1 aliphatic heterocycles. The normalized spacial score (nSPS) is 17.0. The predicted octanol–water partition coefficient (Wildman–Crippen LogP) is 2.11. The summed E-state index contributed by atoms with van der Waals surface area (Å²) in [5, 5.41) is 6.71. The summed E-state index contributed by atoms with van der Waals surface area (Å²) in [7, 11) is 1.82. The molecule has 148 valence electrons. The molecule has 25 heavy (non-hydrogen) atoms. The van der Waals surface area contributed by atoms with Gasteiger partial charge in [0.2, 0.25) is 0 Å². The minimum absolute atomic E-state index is 0.661. The second-order valence-corrected chi connectivity index (χ2v) is 6.67. The van der Waals surface area contributed by atoms with Gasteiger partial charge in [-0.25, -0.2) is 0 Å². The minimum Gasteiger partial charge on any atom is -0.379 e. The zero-order chi connectivity index (χ0) is 18.2. The lowest BCUT2D eigenvalue weighted by molar-refractivity contribution is 0.0487. The van der Waals surface area contributed by atoms with Crippen LogP contribution in [0.5, 0.6) is 0 Å². The second-order valence-electron chi connectivity index (χ2n) is 6.67. The smallest absolute Gasteiger partial charge is 0.191 e. The van der Waals surface area contributed by atoms with Crippen molar-refractivity contribution < 1.29 is 9.47 Å². The van der Waals surface area contributed by atoms with Gasteiger partial charge in [-0.05, 0) is 51.2 Å². The zero-order valence-corrected chi connectivity index (χ0v) is 16.7. The maximum Gasteiger partial charge on any atom is 0.191 e. The Hall–Kier alpha value is -0.850. The Morgan fingerprint density at radius 2 is 1.68 bits per heavy atom. The van der Waals surface area contributed by atoms with Gasteiger partial charge in [0.25, 0.3) is 0 Å². The summed E-state index contributed by atoms with van der Waals surface area (Å²) < 4.78 is 11.0. The molecule has 2 N–H and O–H groups in total. The van der Waals surface area contributed by atoms with Crippen LogP contribution in [-0.4, -0.2) is 77.1 Å². The van der Waals surface area contributed by atoms with Gasteiger partial charge in [-0.2, -0.15) is 0 Å². The molecule has 1 rings (SSSR count). The van der Waals surface area contributed by atoms with E-state index in [0.29, 0.717) is 19.8 Å². The standard InChI is InChI=1S/C19H40N4O2/c1-4-6-14-24-16-17-25-15-11-22-19(20-3)21-10-7-18-8-12-23(5-2)13-9-18/h18H,4-17H2,1-3H3,(H2,20,21,22). The number of likely N-dealkylation sites (tertiary alicyclic amines) is 1. The minimum atomic E-state index is 0.661. The van der Waals surface area contributed by atoms with Gasteiger partial charge in [0.1, 0.15) is 0 Å². The van der Waals surface area contributed by atoms with Crippen LogP contribution in [-0.2, 0) is 9.47 Å². The number of unbranched alkanes of at least 4 members (excludes halogenated alkanes) is 1. The van der Waals surface area contributed by atoms with Crippen LogP contribution in [0.15, 0.2) is 4.99 Å². The fraction of sp³-hybridized carbons (Fsp3) is 0.947. The molecule has 0 spiro atoms. The third-order valence-corrected chi connectivity index (χ3v) is 4.78. The Bertz CT molecular complexity index is 331. The number of rotatable bonds is 13. The van der Waals surface area contributed by atoms with E-state index in [1.54, 1.807) is 0 Å². The molecule has 6 nitrogen and oxygen atoms in total. The van der Waals surface area contributed by atoms with E-state index in [-0.39, 0.29) is 0 Å². The van der Waals surface area contributed by atoms with Crippen LogP contribution in [0.3, 0.4) is 0 Å². The molecule has 0 unspecified atom stereocenters. The van der Waals surface area contributed by atoms with Crippen LogP contribution >= 0.6 is 0 Å². The van der Waals surface area contributed by atoms with Gasteiger partial charge in [0.15, 0.2) is 5.96 Å². The Labute approximate surface area is 154 Å². The third-order valence-electron chi connectivity index (χ3n) is 4.78. The van der Waals surface area contributed by atoms with Crippen molar-refractivity contribution in [3.8, 4) is 0 Å². The van der Waals surface area contributed by atoms with Crippen LogP contribution in [0.1, 0.15) is 46.0 Å². The van der Waals surface area contributed by atoms with Crippen LogP contribution in [0, 0.1) is 5.92 Å². The first-order valence-electron chi connectivity index (χ1n) is 10.1. The van der Waals surface area contributed by atoms with Crippen molar-refractivity contribution in [3.05, 3.63) is 0 Å². The average Bonchev–Trinajstić information content (AvgIpc) is 2.65. The Kier molecular flexibility index (Phi) is 13.7. The van der Waals surface area contributed by atoms with Gasteiger partial charge < -0.3 is 25.0 Å². The molecular weight excluding hydrogens is 316 g/mol. The Morgan fingerprint density at radius 3 is 2.32 bits per heavy atom. The number of piperidine rings is 1. The molecule has 0 aromatic rings. The van der Waals surface area contributed by atoms with E-state index >= 15 is 0 Å². The molecule has 1 heterocycles. The lowest BCUT2D eigenvalue weighted by Gasteiger charge is -2.31. The number of hydrogen-bond acceptors (Lipinski definition) is 4. The molecule has 0 aromatic heterocycles. The van der Waals surface area contributed by atoms with Gasteiger partial charge in [-0.3, -0.25) is 4.99 Å². The fourth-order valence-corrected chi connectivity index (χ4v) is 3.02. The molecule has 0 aliphatic carbocycles. The maximum absolute atomic E-state index is 5.55. The van der Waals surface area contributed by atoms with Crippen molar-refractivity contribution in [1.82, 2.24) is 15.5 Å². The maximum atomic E-state index is 5.55. The van der Waals surface area contributed by atoms with Crippen molar-refractivity contribution in [3.63, 3.8) is 0 Å². The first kappa shape index (κ1) is 22.2. The second kappa shape index (κ2) is 15.4. The summed E-state index contributed by atoms with van der Waals surface area (Å²) in [6.07, 6.45) is 6.19. The van der Waals surface area contributed by atoms with E-state index in [1.807, 2.05) is 7.05 Å². The van der Waals surface area contributed by atoms with Gasteiger partial charge in [0, 0.05) is 26.7 Å². The van der Waals surface area contributed by atoms with Crippen LogP contribution in [0.4, 0.5) is 0 Å². The van der Waals surface area contributed by atoms with Gasteiger partial charge in [0.05, 0.1) is 19.8 Å². The van der Waals surface area contributed by atoms with E-state index in [2.05, 4.69) is 34.4 Å². The highest BCUT2D eigenvalue weighted by Gasteiger charge is 2.17. The highest BCUT2D eigenvalue weighted by Crippen LogP contribution is 2.19. The predicted molar refractivity (Wildman–Crippen MR) is 105 cm³/mol. The first-order valence-corrected chi connectivity index (χ1v) is 10.1. The highest BCUT2D eigenvalue weighted by molar-refractivity contribution is 5.79. The quantitative estimate of drug-likeness (QED) is 0.301. The van der Waals surface area contributed by atoms with Crippen molar-refractivity contribution >= 4 is 5.96 Å². The molecule has 6 heteroatoms. The highest BCUT2D eigenvalue weighted by atomic mass is 16.5. The molecular formula is C19H40N4O2. The Morgan fingerprint density at radius 1 is 1.00 bits per heavy atom. The number of nitrogens with one attached hydrogen (secondary N) is 2. The lowest BCUT2D eigenvalue weighted by atomic mass is 9.93. The number of hydrogen-bond donors (Lipinski definition) is 2. The number of ether oxygens (including phenoxy) is 2. The molecule has 1 aliphatic rings.